The maximum Gasteiger partial charge on any atom is 0.411 e. The smallest absolute Gasteiger partial charge is 0.411 e. The molecule has 0 radical (unpaired) electrons. The summed E-state index contributed by atoms with van der Waals surface area (Å²) in [7, 11) is 5.94. The molecule has 1 aromatic heterocycles. The monoisotopic (exact) mass is 724 g/mol. The third kappa shape index (κ3) is 9.99. The van der Waals surface area contributed by atoms with E-state index in [-0.39, 0.29) is 19.6 Å². The SMILES string of the molecule is C[C@@H](C(=O)O)N(Cc1ccc(Cl)cc1Oc1ccc(-c2cnc(CN(C)C)n2C)cc1)C(=O)O[C@@H](Cc1ccccc1)C(=O)OCc1ccccc1. The number of aliphatic carboxylic acids is 1. The van der Waals surface area contributed by atoms with Crippen LogP contribution in [0, 0.1) is 0 Å². The molecule has 4 aromatic carbocycles. The van der Waals surface area contributed by atoms with E-state index in [1.807, 2.05) is 85.3 Å². The Morgan fingerprint density at radius 2 is 1.54 bits per heavy atom. The zero-order valence-electron chi connectivity index (χ0n) is 29.4. The van der Waals surface area contributed by atoms with Gasteiger partial charge < -0.3 is 28.8 Å². The van der Waals surface area contributed by atoms with Crippen LogP contribution in [-0.4, -0.2) is 68.7 Å². The number of imidazole rings is 1. The molecule has 5 aromatic rings. The zero-order valence-corrected chi connectivity index (χ0v) is 30.2. The molecule has 0 bridgehead atoms. The molecule has 5 rings (SSSR count). The molecule has 0 saturated carbocycles. The molecular formula is C40H41ClN4O7. The first kappa shape index (κ1) is 37.6. The van der Waals surface area contributed by atoms with Crippen molar-refractivity contribution in [3.05, 3.63) is 137 Å². The number of halogens is 1. The largest absolute Gasteiger partial charge is 0.480 e. The molecule has 1 heterocycles. The Balaban J connectivity index is 1.36. The van der Waals surface area contributed by atoms with Crippen LogP contribution in [0.5, 0.6) is 11.5 Å². The molecule has 270 valence electrons. The Kier molecular flexibility index (Phi) is 12.7. The van der Waals surface area contributed by atoms with Crippen LogP contribution in [0.25, 0.3) is 11.3 Å². The number of carboxylic acids is 1. The number of ether oxygens (including phenoxy) is 3. The highest BCUT2D eigenvalue weighted by Crippen LogP contribution is 2.32. The molecule has 0 spiro atoms. The van der Waals surface area contributed by atoms with Crippen LogP contribution >= 0.6 is 11.6 Å². The van der Waals surface area contributed by atoms with E-state index in [9.17, 15) is 19.5 Å². The van der Waals surface area contributed by atoms with Crippen molar-refractivity contribution in [3.63, 3.8) is 0 Å². The van der Waals surface area contributed by atoms with Gasteiger partial charge in [0.25, 0.3) is 0 Å². The summed E-state index contributed by atoms with van der Waals surface area (Å²) in [6, 6.07) is 29.1. The molecule has 0 fully saturated rings. The number of rotatable bonds is 15. The minimum atomic E-state index is -1.35. The maximum absolute atomic E-state index is 13.8. The number of esters is 1. The summed E-state index contributed by atoms with van der Waals surface area (Å²) < 4.78 is 19.6. The molecular weight excluding hydrogens is 684 g/mol. The molecule has 11 nitrogen and oxygen atoms in total. The van der Waals surface area contributed by atoms with Crippen LogP contribution in [0.3, 0.4) is 0 Å². The first-order chi connectivity index (χ1) is 25.0. The Labute approximate surface area is 307 Å². The van der Waals surface area contributed by atoms with Crippen molar-refractivity contribution in [2.75, 3.05) is 14.1 Å². The lowest BCUT2D eigenvalue weighted by Gasteiger charge is -2.28. The molecule has 1 amide bonds. The van der Waals surface area contributed by atoms with Crippen molar-refractivity contribution >= 4 is 29.6 Å². The van der Waals surface area contributed by atoms with Crippen molar-refractivity contribution in [1.82, 2.24) is 19.4 Å². The van der Waals surface area contributed by atoms with E-state index in [0.29, 0.717) is 28.6 Å². The average molecular weight is 725 g/mol. The van der Waals surface area contributed by atoms with Crippen LogP contribution in [0.1, 0.15) is 29.4 Å². The number of carboxylic acid groups (broad SMARTS) is 1. The lowest BCUT2D eigenvalue weighted by atomic mass is 10.1. The first-order valence-corrected chi connectivity index (χ1v) is 17.0. The predicted molar refractivity (Wildman–Crippen MR) is 197 cm³/mol. The third-order valence-electron chi connectivity index (χ3n) is 8.34. The second kappa shape index (κ2) is 17.5. The topological polar surface area (TPSA) is 123 Å². The maximum atomic E-state index is 13.8. The van der Waals surface area contributed by atoms with Crippen molar-refractivity contribution < 1.29 is 33.7 Å². The standard InChI is InChI=1S/C40H41ClN4O7/c1-27(38(46)47)45(40(49)52-36(21-28-11-7-5-8-12-28)39(48)50-26-29-13-9-6-10-14-29)24-31-15-18-32(41)22-35(31)51-33-19-16-30(17-20-33)34-23-42-37(44(34)4)25-43(2)3/h5-20,22-23,27,36H,21,24-26H2,1-4H3,(H,46,47)/t27-,36-/m0/s1. The molecule has 0 aliphatic heterocycles. The lowest BCUT2D eigenvalue weighted by molar-refractivity contribution is -0.156. The predicted octanol–water partition coefficient (Wildman–Crippen LogP) is 7.36. The first-order valence-electron chi connectivity index (χ1n) is 16.6. The fraction of sp³-hybridized carbons (Fsp3) is 0.250. The quantitative estimate of drug-likeness (QED) is 0.110. The summed E-state index contributed by atoms with van der Waals surface area (Å²) in [5.74, 6) is -0.292. The van der Waals surface area contributed by atoms with Gasteiger partial charge in [0.1, 0.15) is 30.0 Å². The molecule has 12 heteroatoms. The summed E-state index contributed by atoms with van der Waals surface area (Å²) >= 11 is 6.37. The zero-order chi connectivity index (χ0) is 37.2. The third-order valence-corrected chi connectivity index (χ3v) is 8.58. The summed E-state index contributed by atoms with van der Waals surface area (Å²) in [6.45, 7) is 1.81. The highest BCUT2D eigenvalue weighted by atomic mass is 35.5. The second-order valence-electron chi connectivity index (χ2n) is 12.5. The summed E-state index contributed by atoms with van der Waals surface area (Å²) in [4.78, 5) is 47.0. The van der Waals surface area contributed by atoms with Gasteiger partial charge in [0.2, 0.25) is 6.10 Å². The number of hydrogen-bond donors (Lipinski definition) is 1. The highest BCUT2D eigenvalue weighted by molar-refractivity contribution is 6.30. The molecule has 0 aliphatic carbocycles. The summed E-state index contributed by atoms with van der Waals surface area (Å²) in [5, 5.41) is 10.4. The fourth-order valence-electron chi connectivity index (χ4n) is 5.41. The van der Waals surface area contributed by atoms with Crippen LogP contribution in [0.15, 0.2) is 109 Å². The molecule has 0 aliphatic rings. The minimum absolute atomic E-state index is 0.0240. The van der Waals surface area contributed by atoms with E-state index in [2.05, 4.69) is 4.98 Å². The Morgan fingerprint density at radius 3 is 2.17 bits per heavy atom. The summed E-state index contributed by atoms with van der Waals surface area (Å²) in [6.07, 6.45) is -0.507. The van der Waals surface area contributed by atoms with E-state index >= 15 is 0 Å². The number of carbonyl (C=O) groups is 3. The van der Waals surface area contributed by atoms with E-state index in [4.69, 9.17) is 25.8 Å². The lowest BCUT2D eigenvalue weighted by Crippen LogP contribution is -2.45. The van der Waals surface area contributed by atoms with Gasteiger partial charge in [-0.25, -0.2) is 19.4 Å². The average Bonchev–Trinajstić information content (AvgIpc) is 3.49. The van der Waals surface area contributed by atoms with Crippen LogP contribution < -0.4 is 4.74 Å². The van der Waals surface area contributed by atoms with E-state index < -0.39 is 30.2 Å². The van der Waals surface area contributed by atoms with E-state index in [0.717, 1.165) is 33.1 Å². The number of benzene rings is 4. The van der Waals surface area contributed by atoms with Gasteiger partial charge in [-0.1, -0.05) is 78.3 Å². The van der Waals surface area contributed by atoms with Gasteiger partial charge in [0.15, 0.2) is 0 Å². The number of aromatic nitrogens is 2. The Bertz CT molecular complexity index is 1970. The molecule has 2 atom stereocenters. The molecule has 1 N–H and O–H groups in total. The molecule has 52 heavy (non-hydrogen) atoms. The van der Waals surface area contributed by atoms with E-state index in [1.54, 1.807) is 54.6 Å². The van der Waals surface area contributed by atoms with Crippen LogP contribution in [0.4, 0.5) is 4.79 Å². The Hall–Kier alpha value is -5.65. The summed E-state index contributed by atoms with van der Waals surface area (Å²) in [5.41, 5.74) is 3.84. The molecule has 0 unspecified atom stereocenters. The number of amides is 1. The van der Waals surface area contributed by atoms with Gasteiger partial charge in [-0.15, -0.1) is 0 Å². The number of hydrogen-bond acceptors (Lipinski definition) is 8. The van der Waals surface area contributed by atoms with Crippen LogP contribution in [0.2, 0.25) is 5.02 Å². The fourth-order valence-corrected chi connectivity index (χ4v) is 5.57. The minimum Gasteiger partial charge on any atom is -0.480 e. The van der Waals surface area contributed by atoms with Gasteiger partial charge >= 0.3 is 18.0 Å². The van der Waals surface area contributed by atoms with Gasteiger partial charge in [-0.2, -0.15) is 0 Å². The van der Waals surface area contributed by atoms with Crippen LogP contribution in [-0.2, 0) is 52.2 Å². The van der Waals surface area contributed by atoms with Crippen molar-refractivity contribution in [2.45, 2.75) is 45.2 Å². The van der Waals surface area contributed by atoms with Gasteiger partial charge in [-0.05, 0) is 68.5 Å². The van der Waals surface area contributed by atoms with Gasteiger partial charge in [-0.3, -0.25) is 4.90 Å². The number of carbonyl (C=O) groups excluding carboxylic acids is 2. The van der Waals surface area contributed by atoms with Crippen molar-refractivity contribution in [2.24, 2.45) is 7.05 Å². The van der Waals surface area contributed by atoms with Crippen molar-refractivity contribution in [1.29, 1.82) is 0 Å². The second-order valence-corrected chi connectivity index (χ2v) is 13.0. The van der Waals surface area contributed by atoms with E-state index in [1.165, 1.54) is 6.92 Å². The van der Waals surface area contributed by atoms with Gasteiger partial charge in [0.05, 0.1) is 25.0 Å². The molecule has 0 saturated heterocycles. The Morgan fingerprint density at radius 1 is 0.885 bits per heavy atom. The van der Waals surface area contributed by atoms with Gasteiger partial charge in [0, 0.05) is 29.6 Å². The number of nitrogens with zero attached hydrogens (tertiary/aromatic N) is 4. The van der Waals surface area contributed by atoms with Crippen molar-refractivity contribution in [3.8, 4) is 22.8 Å². The normalized spacial score (nSPS) is 12.2. The highest BCUT2D eigenvalue weighted by Gasteiger charge is 2.33.